The molecule has 0 fully saturated rings. The summed E-state index contributed by atoms with van der Waals surface area (Å²) in [6.07, 6.45) is -0.561. The number of halogens is 1. The number of ether oxygens (including phenoxy) is 1. The zero-order valence-corrected chi connectivity index (χ0v) is 12.8. The van der Waals surface area contributed by atoms with Crippen LogP contribution in [-0.2, 0) is 11.3 Å². The Bertz CT molecular complexity index is 560. The number of aliphatic hydroxyl groups is 1. The first-order chi connectivity index (χ1) is 10.1. The van der Waals surface area contributed by atoms with E-state index in [1.807, 2.05) is 55.5 Å². The van der Waals surface area contributed by atoms with Crippen LogP contribution in [0.2, 0.25) is 5.02 Å². The summed E-state index contributed by atoms with van der Waals surface area (Å²) in [5, 5.41) is 13.8. The number of anilines is 1. The van der Waals surface area contributed by atoms with Gasteiger partial charge in [-0.05, 0) is 30.2 Å². The Morgan fingerprint density at radius 1 is 1.19 bits per heavy atom. The molecule has 1 atom stereocenters. The van der Waals surface area contributed by atoms with Gasteiger partial charge in [0, 0.05) is 17.3 Å². The largest absolute Gasteiger partial charge is 0.389 e. The summed E-state index contributed by atoms with van der Waals surface area (Å²) in [5.41, 5.74) is 3.03. The lowest BCUT2D eigenvalue weighted by atomic mass is 10.2. The highest BCUT2D eigenvalue weighted by Crippen LogP contribution is 2.19. The van der Waals surface area contributed by atoms with Crippen molar-refractivity contribution in [2.45, 2.75) is 19.6 Å². The number of aliphatic hydroxyl groups excluding tert-OH is 1. The fraction of sp³-hybridized carbons (Fsp3) is 0.294. The molecule has 0 aromatic heterocycles. The van der Waals surface area contributed by atoms with Crippen LogP contribution in [0, 0.1) is 6.92 Å². The Labute approximate surface area is 130 Å². The van der Waals surface area contributed by atoms with E-state index in [2.05, 4.69) is 5.32 Å². The molecule has 0 heterocycles. The van der Waals surface area contributed by atoms with Crippen molar-refractivity contribution in [1.29, 1.82) is 0 Å². The van der Waals surface area contributed by atoms with Crippen molar-refractivity contribution in [3.05, 3.63) is 64.7 Å². The third-order valence-electron chi connectivity index (χ3n) is 3.14. The maximum absolute atomic E-state index is 9.89. The second-order valence-corrected chi connectivity index (χ2v) is 5.41. The molecule has 4 heteroatoms. The maximum Gasteiger partial charge on any atom is 0.0945 e. The first-order valence-corrected chi connectivity index (χ1v) is 7.32. The Kier molecular flexibility index (Phi) is 6.05. The molecule has 112 valence electrons. The molecule has 0 aliphatic heterocycles. The number of aryl methyl sites for hydroxylation is 1. The van der Waals surface area contributed by atoms with Gasteiger partial charge < -0.3 is 15.2 Å². The average molecular weight is 306 g/mol. The van der Waals surface area contributed by atoms with Gasteiger partial charge in [0.1, 0.15) is 0 Å². The summed E-state index contributed by atoms with van der Waals surface area (Å²) in [6.45, 7) is 3.18. The van der Waals surface area contributed by atoms with Crippen LogP contribution in [0.25, 0.3) is 0 Å². The summed E-state index contributed by atoms with van der Waals surface area (Å²) >= 11 is 6.05. The highest BCUT2D eigenvalue weighted by Gasteiger charge is 2.05. The summed E-state index contributed by atoms with van der Waals surface area (Å²) in [6, 6.07) is 15.7. The van der Waals surface area contributed by atoms with Gasteiger partial charge in [-0.2, -0.15) is 0 Å². The molecule has 0 radical (unpaired) electrons. The maximum atomic E-state index is 9.89. The van der Waals surface area contributed by atoms with Gasteiger partial charge in [0.05, 0.1) is 19.3 Å². The van der Waals surface area contributed by atoms with Gasteiger partial charge in [-0.25, -0.2) is 0 Å². The van der Waals surface area contributed by atoms with Crippen molar-refractivity contribution < 1.29 is 9.84 Å². The highest BCUT2D eigenvalue weighted by atomic mass is 35.5. The molecule has 0 amide bonds. The van der Waals surface area contributed by atoms with Crippen molar-refractivity contribution in [3.63, 3.8) is 0 Å². The first kappa shape index (κ1) is 15.8. The van der Waals surface area contributed by atoms with Crippen LogP contribution >= 0.6 is 11.6 Å². The standard InChI is InChI=1S/C17H20ClNO2/c1-13-7-8-15(9-17(13)18)19-10-16(20)12-21-11-14-5-3-2-4-6-14/h2-9,16,19-20H,10-12H2,1H3. The van der Waals surface area contributed by atoms with Crippen molar-refractivity contribution in [2.75, 3.05) is 18.5 Å². The summed E-state index contributed by atoms with van der Waals surface area (Å²) in [5.74, 6) is 0. The second-order valence-electron chi connectivity index (χ2n) is 5.00. The predicted octanol–water partition coefficient (Wildman–Crippen LogP) is 3.64. The van der Waals surface area contributed by atoms with Crippen molar-refractivity contribution in [1.82, 2.24) is 0 Å². The molecule has 0 saturated carbocycles. The number of benzene rings is 2. The number of nitrogens with one attached hydrogen (secondary N) is 1. The second kappa shape index (κ2) is 8.03. The SMILES string of the molecule is Cc1ccc(NCC(O)COCc2ccccc2)cc1Cl. The van der Waals surface area contributed by atoms with Crippen LogP contribution in [0.3, 0.4) is 0 Å². The third-order valence-corrected chi connectivity index (χ3v) is 3.54. The summed E-state index contributed by atoms with van der Waals surface area (Å²) < 4.78 is 5.50. The Hall–Kier alpha value is -1.55. The molecular formula is C17H20ClNO2. The summed E-state index contributed by atoms with van der Waals surface area (Å²) in [4.78, 5) is 0. The van der Waals surface area contributed by atoms with Gasteiger partial charge >= 0.3 is 0 Å². The minimum absolute atomic E-state index is 0.293. The average Bonchev–Trinajstić information content (AvgIpc) is 2.49. The Balaban J connectivity index is 1.69. The normalized spacial score (nSPS) is 12.1. The topological polar surface area (TPSA) is 41.5 Å². The lowest BCUT2D eigenvalue weighted by molar-refractivity contribution is 0.0348. The first-order valence-electron chi connectivity index (χ1n) is 6.95. The number of rotatable bonds is 7. The van der Waals surface area contributed by atoms with Crippen LogP contribution < -0.4 is 5.32 Å². The molecule has 0 saturated heterocycles. The number of hydrogen-bond donors (Lipinski definition) is 2. The van der Waals surface area contributed by atoms with Crippen LogP contribution in [-0.4, -0.2) is 24.4 Å². The molecule has 0 aliphatic carbocycles. The molecule has 0 spiro atoms. The Morgan fingerprint density at radius 3 is 2.67 bits per heavy atom. The molecule has 0 bridgehead atoms. The molecule has 2 N–H and O–H groups in total. The van der Waals surface area contributed by atoms with E-state index in [0.717, 1.165) is 21.8 Å². The van der Waals surface area contributed by atoms with Gasteiger partial charge in [0.15, 0.2) is 0 Å². The van der Waals surface area contributed by atoms with E-state index in [1.165, 1.54) is 0 Å². The fourth-order valence-electron chi connectivity index (χ4n) is 1.88. The van der Waals surface area contributed by atoms with Gasteiger partial charge in [-0.1, -0.05) is 48.0 Å². The molecule has 1 unspecified atom stereocenters. The lowest BCUT2D eigenvalue weighted by Crippen LogP contribution is -2.24. The van der Waals surface area contributed by atoms with Gasteiger partial charge in [-0.3, -0.25) is 0 Å². The zero-order chi connectivity index (χ0) is 15.1. The molecule has 3 nitrogen and oxygen atoms in total. The zero-order valence-electron chi connectivity index (χ0n) is 12.1. The van der Waals surface area contributed by atoms with Gasteiger partial charge in [-0.15, -0.1) is 0 Å². The smallest absolute Gasteiger partial charge is 0.0945 e. The van der Waals surface area contributed by atoms with Crippen LogP contribution in [0.15, 0.2) is 48.5 Å². The van der Waals surface area contributed by atoms with E-state index in [9.17, 15) is 5.11 Å². The van der Waals surface area contributed by atoms with E-state index in [4.69, 9.17) is 16.3 Å². The van der Waals surface area contributed by atoms with E-state index >= 15 is 0 Å². The number of hydrogen-bond acceptors (Lipinski definition) is 3. The Morgan fingerprint density at radius 2 is 1.95 bits per heavy atom. The molecule has 2 aromatic carbocycles. The monoisotopic (exact) mass is 305 g/mol. The quantitative estimate of drug-likeness (QED) is 0.820. The van der Waals surface area contributed by atoms with Crippen LogP contribution in [0.1, 0.15) is 11.1 Å². The van der Waals surface area contributed by atoms with Crippen LogP contribution in [0.4, 0.5) is 5.69 Å². The highest BCUT2D eigenvalue weighted by molar-refractivity contribution is 6.31. The molecule has 2 rings (SSSR count). The molecule has 0 aliphatic rings. The minimum Gasteiger partial charge on any atom is -0.389 e. The fourth-order valence-corrected chi connectivity index (χ4v) is 2.07. The molecule has 2 aromatic rings. The lowest BCUT2D eigenvalue weighted by Gasteiger charge is -2.14. The van der Waals surface area contributed by atoms with E-state index in [0.29, 0.717) is 19.8 Å². The molecular weight excluding hydrogens is 286 g/mol. The van der Waals surface area contributed by atoms with Gasteiger partial charge in [0.2, 0.25) is 0 Å². The summed E-state index contributed by atoms with van der Waals surface area (Å²) in [7, 11) is 0. The van der Waals surface area contributed by atoms with Crippen molar-refractivity contribution >= 4 is 17.3 Å². The van der Waals surface area contributed by atoms with E-state index in [1.54, 1.807) is 0 Å². The van der Waals surface area contributed by atoms with E-state index in [-0.39, 0.29) is 0 Å². The molecule has 21 heavy (non-hydrogen) atoms. The van der Waals surface area contributed by atoms with E-state index < -0.39 is 6.10 Å². The van der Waals surface area contributed by atoms with Crippen molar-refractivity contribution in [3.8, 4) is 0 Å². The predicted molar refractivity (Wildman–Crippen MR) is 86.8 cm³/mol. The third kappa shape index (κ3) is 5.38. The minimum atomic E-state index is -0.561. The van der Waals surface area contributed by atoms with Crippen LogP contribution in [0.5, 0.6) is 0 Å². The van der Waals surface area contributed by atoms with Gasteiger partial charge in [0.25, 0.3) is 0 Å². The van der Waals surface area contributed by atoms with Crippen molar-refractivity contribution in [2.24, 2.45) is 0 Å².